The number of aromatic nitrogens is 1. The molecule has 0 aliphatic carbocycles. The summed E-state index contributed by atoms with van der Waals surface area (Å²) < 4.78 is 12.3. The van der Waals surface area contributed by atoms with Crippen LogP contribution in [0.25, 0.3) is 10.2 Å². The van der Waals surface area contributed by atoms with Crippen molar-refractivity contribution in [1.82, 2.24) is 4.90 Å². The number of fused-ring (bicyclic) bond motifs is 1. The van der Waals surface area contributed by atoms with Crippen LogP contribution in [-0.4, -0.2) is 37.1 Å². The Balaban J connectivity index is 1.22. The molecule has 30 heavy (non-hydrogen) atoms. The fraction of sp³-hybridized carbons (Fsp3) is 0.417. The third-order valence-corrected chi connectivity index (χ3v) is 6.59. The van der Waals surface area contributed by atoms with E-state index in [9.17, 15) is 4.79 Å². The quantitative estimate of drug-likeness (QED) is 0.490. The first kappa shape index (κ1) is 20.8. The van der Waals surface area contributed by atoms with Gasteiger partial charge in [-0.25, -0.2) is 0 Å². The van der Waals surface area contributed by atoms with Crippen LogP contribution in [0.3, 0.4) is 0 Å². The zero-order valence-electron chi connectivity index (χ0n) is 17.4. The number of para-hydroxylation sites is 1. The fourth-order valence-electron chi connectivity index (χ4n) is 3.93. The summed E-state index contributed by atoms with van der Waals surface area (Å²) in [5.74, 6) is 1.27. The lowest BCUT2D eigenvalue weighted by atomic mass is 9.93. The van der Waals surface area contributed by atoms with Crippen molar-refractivity contribution in [3.63, 3.8) is 0 Å². The zero-order valence-corrected chi connectivity index (χ0v) is 18.2. The summed E-state index contributed by atoms with van der Waals surface area (Å²) in [6.45, 7) is 5.52. The van der Waals surface area contributed by atoms with E-state index in [2.05, 4.69) is 34.1 Å². The molecule has 1 fully saturated rings. The maximum Gasteiger partial charge on any atom is 0.435 e. The number of esters is 1. The lowest BCUT2D eigenvalue weighted by Gasteiger charge is -2.31. The lowest BCUT2D eigenvalue weighted by molar-refractivity contribution is -0.352. The second-order valence-electron chi connectivity index (χ2n) is 7.80. The molecular formula is C24H29N2O3S+. The van der Waals surface area contributed by atoms with Crippen molar-refractivity contribution in [2.45, 2.75) is 32.6 Å². The molecule has 2 aromatic carbocycles. The van der Waals surface area contributed by atoms with E-state index >= 15 is 0 Å². The molecule has 2 heterocycles. The number of hydrogen-bond donors (Lipinski definition) is 0. The van der Waals surface area contributed by atoms with Gasteiger partial charge in [-0.2, -0.15) is 4.98 Å². The van der Waals surface area contributed by atoms with Crippen LogP contribution in [0.2, 0.25) is 0 Å². The number of hydrogen-bond acceptors (Lipinski definition) is 5. The Kier molecular flexibility index (Phi) is 6.97. The van der Waals surface area contributed by atoms with Gasteiger partial charge in [0.25, 0.3) is 0 Å². The molecule has 1 aliphatic heterocycles. The first-order valence-electron chi connectivity index (χ1n) is 10.7. The highest BCUT2D eigenvalue weighted by Crippen LogP contribution is 2.28. The Hall–Kier alpha value is -2.44. The SMILES string of the molecule is CCOC(=O)CC1CCN(CCc2ccc(Oc3[nH+]c4ccccc4s3)cc2)CC1. The molecule has 5 nitrogen and oxygen atoms in total. The third-order valence-electron chi connectivity index (χ3n) is 5.64. The van der Waals surface area contributed by atoms with Gasteiger partial charge >= 0.3 is 11.2 Å². The Morgan fingerprint density at radius 3 is 2.63 bits per heavy atom. The summed E-state index contributed by atoms with van der Waals surface area (Å²) in [5.41, 5.74) is 2.41. The minimum atomic E-state index is -0.0495. The number of nitrogens with zero attached hydrogens (tertiary/aromatic N) is 1. The van der Waals surface area contributed by atoms with Gasteiger partial charge in [0.05, 0.1) is 6.61 Å². The minimum Gasteiger partial charge on any atom is -0.466 e. The number of benzene rings is 2. The molecule has 1 aliphatic rings. The van der Waals surface area contributed by atoms with Gasteiger partial charge in [-0.1, -0.05) is 24.3 Å². The number of piperidine rings is 1. The van der Waals surface area contributed by atoms with E-state index in [-0.39, 0.29) is 5.97 Å². The molecule has 1 N–H and O–H groups in total. The molecule has 0 unspecified atom stereocenters. The number of carbonyl (C=O) groups is 1. The molecule has 158 valence electrons. The molecule has 0 bridgehead atoms. The first-order chi connectivity index (χ1) is 14.7. The number of rotatable bonds is 8. The van der Waals surface area contributed by atoms with Gasteiger partial charge in [-0.15, -0.1) is 0 Å². The number of thiazole rings is 1. The lowest BCUT2D eigenvalue weighted by Crippen LogP contribution is -2.35. The van der Waals surface area contributed by atoms with E-state index in [1.807, 2.05) is 31.2 Å². The molecule has 3 aromatic rings. The highest BCUT2D eigenvalue weighted by molar-refractivity contribution is 7.19. The van der Waals surface area contributed by atoms with Crippen molar-refractivity contribution >= 4 is 27.5 Å². The zero-order chi connectivity index (χ0) is 20.8. The smallest absolute Gasteiger partial charge is 0.435 e. The Labute approximate surface area is 181 Å². The molecule has 1 saturated heterocycles. The summed E-state index contributed by atoms with van der Waals surface area (Å²) in [6.07, 6.45) is 3.76. The van der Waals surface area contributed by atoms with Crippen molar-refractivity contribution < 1.29 is 19.3 Å². The van der Waals surface area contributed by atoms with Gasteiger partial charge in [0.15, 0.2) is 0 Å². The largest absolute Gasteiger partial charge is 0.466 e. The Morgan fingerprint density at radius 2 is 1.90 bits per heavy atom. The van der Waals surface area contributed by atoms with E-state index in [0.717, 1.165) is 55.4 Å². The number of H-pyrrole nitrogens is 1. The molecule has 1 aromatic heterocycles. The molecular weight excluding hydrogens is 396 g/mol. The van der Waals surface area contributed by atoms with E-state index in [1.165, 1.54) is 10.3 Å². The average molecular weight is 426 g/mol. The van der Waals surface area contributed by atoms with Gasteiger partial charge < -0.3 is 14.4 Å². The molecule has 0 radical (unpaired) electrons. The highest BCUT2D eigenvalue weighted by atomic mass is 32.1. The van der Waals surface area contributed by atoms with Crippen molar-refractivity contribution in [2.75, 3.05) is 26.2 Å². The predicted molar refractivity (Wildman–Crippen MR) is 119 cm³/mol. The van der Waals surface area contributed by atoms with Crippen molar-refractivity contribution in [3.8, 4) is 10.9 Å². The van der Waals surface area contributed by atoms with Crippen LogP contribution in [0.1, 0.15) is 31.7 Å². The van der Waals surface area contributed by atoms with E-state index < -0.39 is 0 Å². The number of likely N-dealkylation sites (tertiary alicyclic amines) is 1. The van der Waals surface area contributed by atoms with Crippen molar-refractivity contribution in [1.29, 1.82) is 0 Å². The van der Waals surface area contributed by atoms with Crippen molar-refractivity contribution in [3.05, 3.63) is 54.1 Å². The van der Waals surface area contributed by atoms with Gasteiger partial charge in [-0.3, -0.25) is 4.79 Å². The molecule has 6 heteroatoms. The summed E-state index contributed by atoms with van der Waals surface area (Å²) >= 11 is 1.62. The predicted octanol–water partition coefficient (Wildman–Crippen LogP) is 4.72. The molecule has 4 rings (SSSR count). The topological polar surface area (TPSA) is 52.9 Å². The normalized spacial score (nSPS) is 15.4. The van der Waals surface area contributed by atoms with Crippen LogP contribution < -0.4 is 9.72 Å². The van der Waals surface area contributed by atoms with Crippen LogP contribution in [-0.2, 0) is 16.0 Å². The standard InChI is InChI=1S/C24H28N2O3S/c1-2-28-23(27)17-19-12-15-26(16-13-19)14-11-18-7-9-20(10-8-18)29-24-25-21-5-3-4-6-22(21)30-24/h3-10,19H,2,11-17H2,1H3/p+1. The summed E-state index contributed by atoms with van der Waals surface area (Å²) in [7, 11) is 0. The fourth-order valence-corrected chi connectivity index (χ4v) is 4.80. The van der Waals surface area contributed by atoms with Gasteiger partial charge in [0.1, 0.15) is 10.4 Å². The van der Waals surface area contributed by atoms with Crippen LogP contribution in [0.5, 0.6) is 10.9 Å². The minimum absolute atomic E-state index is 0.0495. The monoisotopic (exact) mass is 425 g/mol. The highest BCUT2D eigenvalue weighted by Gasteiger charge is 2.21. The number of nitrogens with one attached hydrogen (secondary N) is 1. The molecule has 0 amide bonds. The maximum atomic E-state index is 11.6. The summed E-state index contributed by atoms with van der Waals surface area (Å²) in [5, 5.41) is 0.801. The maximum absolute atomic E-state index is 11.6. The molecule has 0 spiro atoms. The Bertz CT molecular complexity index is 929. The van der Waals surface area contributed by atoms with E-state index in [4.69, 9.17) is 9.47 Å². The van der Waals surface area contributed by atoms with E-state index in [1.54, 1.807) is 11.3 Å². The van der Waals surface area contributed by atoms with Crippen LogP contribution in [0.4, 0.5) is 0 Å². The first-order valence-corrected chi connectivity index (χ1v) is 11.6. The van der Waals surface area contributed by atoms with Crippen LogP contribution in [0.15, 0.2) is 48.5 Å². The van der Waals surface area contributed by atoms with Gasteiger partial charge in [0.2, 0.25) is 5.52 Å². The summed E-state index contributed by atoms with van der Waals surface area (Å²) in [4.78, 5) is 17.5. The van der Waals surface area contributed by atoms with Crippen molar-refractivity contribution in [2.24, 2.45) is 5.92 Å². The molecule has 0 atom stereocenters. The second kappa shape index (κ2) is 10.0. The number of carbonyl (C=O) groups excluding carboxylic acids is 1. The van der Waals surface area contributed by atoms with E-state index in [0.29, 0.717) is 18.9 Å². The number of ether oxygens (including phenoxy) is 2. The number of aromatic amines is 1. The summed E-state index contributed by atoms with van der Waals surface area (Å²) in [6, 6.07) is 16.6. The van der Waals surface area contributed by atoms with Crippen LogP contribution in [0, 0.1) is 5.92 Å². The third kappa shape index (κ3) is 5.58. The second-order valence-corrected chi connectivity index (χ2v) is 8.82. The molecule has 0 saturated carbocycles. The van der Waals surface area contributed by atoms with Crippen LogP contribution >= 0.6 is 11.3 Å². The van der Waals surface area contributed by atoms with Gasteiger partial charge in [-0.05, 0) is 80.3 Å². The van der Waals surface area contributed by atoms with Gasteiger partial charge in [0, 0.05) is 19.0 Å². The Morgan fingerprint density at radius 1 is 1.13 bits per heavy atom. The average Bonchev–Trinajstić information content (AvgIpc) is 3.17.